The van der Waals surface area contributed by atoms with Gasteiger partial charge >= 0.3 is 0 Å². The van der Waals surface area contributed by atoms with E-state index in [0.29, 0.717) is 0 Å². The lowest BCUT2D eigenvalue weighted by molar-refractivity contribution is -0.123. The summed E-state index contributed by atoms with van der Waals surface area (Å²) in [6, 6.07) is 0. The molecule has 1 fully saturated rings. The molecule has 0 aliphatic heterocycles. The van der Waals surface area contributed by atoms with Gasteiger partial charge in [0.2, 0.25) is 5.91 Å². The molecule has 1 aliphatic rings. The number of amides is 1. The molecule has 0 bridgehead atoms. The molecule has 2 atom stereocenters. The van der Waals surface area contributed by atoms with Crippen LogP contribution in [0, 0.1) is 5.92 Å². The molecule has 0 spiro atoms. The zero-order valence-electron chi connectivity index (χ0n) is 9.09. The summed E-state index contributed by atoms with van der Waals surface area (Å²) >= 11 is 0. The molecule has 2 unspecified atom stereocenters. The van der Waals surface area contributed by atoms with Gasteiger partial charge in [0.25, 0.3) is 0 Å². The summed E-state index contributed by atoms with van der Waals surface area (Å²) in [6.07, 6.45) is 7.33. The third-order valence-corrected chi connectivity index (χ3v) is 3.42. The molecule has 4 N–H and O–H groups in total. The zero-order chi connectivity index (χ0) is 10.6. The third-order valence-electron chi connectivity index (χ3n) is 3.42. The van der Waals surface area contributed by atoms with Crippen molar-refractivity contribution in [1.29, 1.82) is 0 Å². The van der Waals surface area contributed by atoms with E-state index in [1.165, 1.54) is 19.3 Å². The first-order valence-electron chi connectivity index (χ1n) is 5.67. The second-order valence-corrected chi connectivity index (χ2v) is 4.61. The molecule has 1 saturated carbocycles. The van der Waals surface area contributed by atoms with Crippen LogP contribution in [0.3, 0.4) is 0 Å². The van der Waals surface area contributed by atoms with E-state index in [0.717, 1.165) is 31.6 Å². The largest absolute Gasteiger partial charge is 0.368 e. The second-order valence-electron chi connectivity index (χ2n) is 4.61. The van der Waals surface area contributed by atoms with Crippen LogP contribution in [0.15, 0.2) is 0 Å². The minimum atomic E-state index is -0.720. The average Bonchev–Trinajstić information content (AvgIpc) is 2.30. The summed E-state index contributed by atoms with van der Waals surface area (Å²) < 4.78 is 0. The SMILES string of the molecule is CCCC1CCCC(N)(C(N)=O)CC1. The van der Waals surface area contributed by atoms with E-state index in [2.05, 4.69) is 6.92 Å². The standard InChI is InChI=1S/C11H22N2O/c1-2-4-9-5-3-7-11(13,8-6-9)10(12)14/h9H,2-8,13H2,1H3,(H2,12,14). The maximum Gasteiger partial charge on any atom is 0.237 e. The van der Waals surface area contributed by atoms with Gasteiger partial charge in [-0.2, -0.15) is 0 Å². The summed E-state index contributed by atoms with van der Waals surface area (Å²) in [6.45, 7) is 2.20. The summed E-state index contributed by atoms with van der Waals surface area (Å²) in [5.74, 6) is 0.430. The Morgan fingerprint density at radius 3 is 2.71 bits per heavy atom. The van der Waals surface area contributed by atoms with Crippen LogP contribution in [0.25, 0.3) is 0 Å². The van der Waals surface area contributed by atoms with Crippen molar-refractivity contribution >= 4 is 5.91 Å². The second kappa shape index (κ2) is 4.78. The van der Waals surface area contributed by atoms with Crippen molar-refractivity contribution in [2.45, 2.75) is 57.4 Å². The first-order valence-corrected chi connectivity index (χ1v) is 5.67. The highest BCUT2D eigenvalue weighted by atomic mass is 16.1. The molecular weight excluding hydrogens is 176 g/mol. The first kappa shape index (κ1) is 11.5. The lowest BCUT2D eigenvalue weighted by Gasteiger charge is -2.23. The van der Waals surface area contributed by atoms with Crippen molar-refractivity contribution in [3.8, 4) is 0 Å². The lowest BCUT2D eigenvalue weighted by atomic mass is 9.89. The zero-order valence-corrected chi connectivity index (χ0v) is 9.09. The highest BCUT2D eigenvalue weighted by molar-refractivity contribution is 5.84. The minimum absolute atomic E-state index is 0.324. The van der Waals surface area contributed by atoms with Crippen LogP contribution >= 0.6 is 0 Å². The predicted molar refractivity (Wildman–Crippen MR) is 57.6 cm³/mol. The average molecular weight is 198 g/mol. The Labute approximate surface area is 86.2 Å². The molecule has 14 heavy (non-hydrogen) atoms. The molecule has 1 amide bonds. The Morgan fingerprint density at radius 2 is 2.14 bits per heavy atom. The van der Waals surface area contributed by atoms with Gasteiger partial charge in [-0.15, -0.1) is 0 Å². The fourth-order valence-electron chi connectivity index (χ4n) is 2.38. The van der Waals surface area contributed by atoms with Crippen molar-refractivity contribution in [3.05, 3.63) is 0 Å². The summed E-state index contributed by atoms with van der Waals surface area (Å²) in [5.41, 5.74) is 10.6. The highest BCUT2D eigenvalue weighted by Gasteiger charge is 2.34. The molecule has 0 saturated heterocycles. The van der Waals surface area contributed by atoms with Gasteiger partial charge < -0.3 is 11.5 Å². The highest BCUT2D eigenvalue weighted by Crippen LogP contribution is 2.30. The molecule has 3 nitrogen and oxygen atoms in total. The number of carbonyl (C=O) groups excluding carboxylic acids is 1. The van der Waals surface area contributed by atoms with Gasteiger partial charge in [-0.1, -0.05) is 32.6 Å². The van der Waals surface area contributed by atoms with Crippen molar-refractivity contribution < 1.29 is 4.79 Å². The smallest absolute Gasteiger partial charge is 0.237 e. The van der Waals surface area contributed by atoms with Gasteiger partial charge in [0.1, 0.15) is 0 Å². The van der Waals surface area contributed by atoms with E-state index in [-0.39, 0.29) is 5.91 Å². The number of hydrogen-bond acceptors (Lipinski definition) is 2. The summed E-state index contributed by atoms with van der Waals surface area (Å²) in [7, 11) is 0. The summed E-state index contributed by atoms with van der Waals surface area (Å²) in [4.78, 5) is 11.2. The molecule has 3 heteroatoms. The molecule has 0 aromatic rings. The Hall–Kier alpha value is -0.570. The van der Waals surface area contributed by atoms with Crippen LogP contribution in [0.2, 0.25) is 0 Å². The van der Waals surface area contributed by atoms with E-state index in [1.54, 1.807) is 0 Å². The lowest BCUT2D eigenvalue weighted by Crippen LogP contribution is -2.51. The van der Waals surface area contributed by atoms with Crippen molar-refractivity contribution in [2.24, 2.45) is 17.4 Å². The fourth-order valence-corrected chi connectivity index (χ4v) is 2.38. The molecule has 82 valence electrons. The Balaban J connectivity index is 2.52. The minimum Gasteiger partial charge on any atom is -0.368 e. The molecule has 0 aromatic carbocycles. The van der Waals surface area contributed by atoms with Crippen molar-refractivity contribution in [3.63, 3.8) is 0 Å². The van der Waals surface area contributed by atoms with Crippen LogP contribution in [0.4, 0.5) is 0 Å². The molecule has 0 aromatic heterocycles. The van der Waals surface area contributed by atoms with E-state index in [1.807, 2.05) is 0 Å². The van der Waals surface area contributed by atoms with Crippen LogP contribution in [-0.4, -0.2) is 11.4 Å². The van der Waals surface area contributed by atoms with E-state index >= 15 is 0 Å². The number of carbonyl (C=O) groups is 1. The molecule has 0 radical (unpaired) electrons. The van der Waals surface area contributed by atoms with Crippen LogP contribution in [0.1, 0.15) is 51.9 Å². The quantitative estimate of drug-likeness (QED) is 0.675. The fraction of sp³-hybridized carbons (Fsp3) is 0.909. The van der Waals surface area contributed by atoms with Crippen molar-refractivity contribution in [2.75, 3.05) is 0 Å². The van der Waals surface area contributed by atoms with Gasteiger partial charge in [-0.05, 0) is 25.2 Å². The first-order chi connectivity index (χ1) is 6.58. The maximum absolute atomic E-state index is 11.2. The summed E-state index contributed by atoms with van der Waals surface area (Å²) in [5, 5.41) is 0. The molecule has 0 heterocycles. The van der Waals surface area contributed by atoms with Crippen molar-refractivity contribution in [1.82, 2.24) is 0 Å². The Kier molecular flexibility index (Phi) is 3.93. The maximum atomic E-state index is 11.2. The monoisotopic (exact) mass is 198 g/mol. The van der Waals surface area contributed by atoms with Crippen LogP contribution < -0.4 is 11.5 Å². The Morgan fingerprint density at radius 1 is 1.43 bits per heavy atom. The normalized spacial score (nSPS) is 33.7. The molecule has 1 rings (SSSR count). The number of primary amides is 1. The van der Waals surface area contributed by atoms with Gasteiger partial charge in [-0.25, -0.2) is 0 Å². The van der Waals surface area contributed by atoms with E-state index in [4.69, 9.17) is 11.5 Å². The van der Waals surface area contributed by atoms with Gasteiger partial charge in [0, 0.05) is 0 Å². The molecular formula is C11H22N2O. The number of nitrogens with two attached hydrogens (primary N) is 2. The van der Waals surface area contributed by atoms with E-state index < -0.39 is 5.54 Å². The number of hydrogen-bond donors (Lipinski definition) is 2. The predicted octanol–water partition coefficient (Wildman–Crippen LogP) is 1.55. The van der Waals surface area contributed by atoms with Gasteiger partial charge in [-0.3, -0.25) is 4.79 Å². The number of rotatable bonds is 3. The van der Waals surface area contributed by atoms with Gasteiger partial charge in [0.15, 0.2) is 0 Å². The molecule has 1 aliphatic carbocycles. The van der Waals surface area contributed by atoms with Crippen LogP contribution in [0.5, 0.6) is 0 Å². The third kappa shape index (κ3) is 2.71. The van der Waals surface area contributed by atoms with Crippen LogP contribution in [-0.2, 0) is 4.79 Å². The van der Waals surface area contributed by atoms with E-state index in [9.17, 15) is 4.79 Å². The van der Waals surface area contributed by atoms with Gasteiger partial charge in [0.05, 0.1) is 5.54 Å². The topological polar surface area (TPSA) is 69.1 Å². The Bertz CT molecular complexity index is 205.